The maximum absolute atomic E-state index is 13.0. The van der Waals surface area contributed by atoms with Crippen LogP contribution >= 0.6 is 0 Å². The van der Waals surface area contributed by atoms with Gasteiger partial charge in [-0.15, -0.1) is 0 Å². The molecule has 2 N–H and O–H groups in total. The van der Waals surface area contributed by atoms with Crippen LogP contribution in [0.15, 0.2) is 18.2 Å². The van der Waals surface area contributed by atoms with E-state index in [9.17, 15) is 12.8 Å². The van der Waals surface area contributed by atoms with Crippen molar-refractivity contribution >= 4 is 15.7 Å². The lowest BCUT2D eigenvalue weighted by molar-refractivity contribution is 0.254. The molecule has 0 atom stereocenters. The number of hydrogen-bond acceptors (Lipinski definition) is 4. The van der Waals surface area contributed by atoms with Crippen molar-refractivity contribution in [3.63, 3.8) is 0 Å². The molecule has 5 nitrogen and oxygen atoms in total. The molecule has 0 aromatic heterocycles. The predicted molar refractivity (Wildman–Crippen MR) is 77.9 cm³/mol. The lowest BCUT2D eigenvalue weighted by atomic mass is 10.2. The number of rotatable bonds is 5. The molecule has 0 spiro atoms. The summed E-state index contributed by atoms with van der Waals surface area (Å²) in [5.74, 6) is -0.324. The monoisotopic (exact) mass is 301 g/mol. The Bertz CT molecular complexity index is 557. The van der Waals surface area contributed by atoms with Crippen LogP contribution in [0.5, 0.6) is 0 Å². The van der Waals surface area contributed by atoms with E-state index in [0.29, 0.717) is 17.8 Å². The molecule has 1 heterocycles. The summed E-state index contributed by atoms with van der Waals surface area (Å²) >= 11 is 0. The van der Waals surface area contributed by atoms with E-state index in [0.717, 1.165) is 26.2 Å². The van der Waals surface area contributed by atoms with Gasteiger partial charge in [-0.25, -0.2) is 12.8 Å². The predicted octanol–water partition coefficient (Wildman–Crippen LogP) is 0.781. The van der Waals surface area contributed by atoms with Gasteiger partial charge in [0.2, 0.25) is 10.0 Å². The minimum absolute atomic E-state index is 0.0455. The second-order valence-electron chi connectivity index (χ2n) is 4.97. The second kappa shape index (κ2) is 6.51. The van der Waals surface area contributed by atoms with Gasteiger partial charge in [0.15, 0.2) is 0 Å². The molecule has 0 aliphatic carbocycles. The number of anilines is 1. The molecule has 112 valence electrons. The molecule has 2 rings (SSSR count). The highest BCUT2D eigenvalue weighted by Gasteiger charge is 2.16. The third kappa shape index (κ3) is 4.43. The number of nitrogens with zero attached hydrogens (tertiary/aromatic N) is 1. The Morgan fingerprint density at radius 3 is 2.70 bits per heavy atom. The highest BCUT2D eigenvalue weighted by molar-refractivity contribution is 7.92. The number of hydrogen-bond donors (Lipinski definition) is 2. The van der Waals surface area contributed by atoms with E-state index in [1.54, 1.807) is 6.92 Å². The Balaban J connectivity index is 1.93. The van der Waals surface area contributed by atoms with Gasteiger partial charge in [0.05, 0.1) is 11.4 Å². The van der Waals surface area contributed by atoms with Crippen molar-refractivity contribution in [3.05, 3.63) is 29.6 Å². The van der Waals surface area contributed by atoms with Crippen molar-refractivity contribution in [2.75, 3.05) is 43.2 Å². The summed E-state index contributed by atoms with van der Waals surface area (Å²) in [5, 5.41) is 3.22. The normalized spacial score (nSPS) is 17.1. The van der Waals surface area contributed by atoms with Gasteiger partial charge in [0.25, 0.3) is 0 Å². The summed E-state index contributed by atoms with van der Waals surface area (Å²) in [6.45, 7) is 5.71. The van der Waals surface area contributed by atoms with Gasteiger partial charge in [-0.3, -0.25) is 9.62 Å². The van der Waals surface area contributed by atoms with E-state index in [1.165, 1.54) is 18.2 Å². The maximum atomic E-state index is 13.0. The fourth-order valence-electron chi connectivity index (χ4n) is 2.14. The summed E-state index contributed by atoms with van der Waals surface area (Å²) in [6, 6.07) is 4.02. The summed E-state index contributed by atoms with van der Waals surface area (Å²) in [5.41, 5.74) is 1.02. The molecule has 0 bridgehead atoms. The van der Waals surface area contributed by atoms with Crippen LogP contribution in [0.3, 0.4) is 0 Å². The standard InChI is InChI=1S/C13H20FN3O2S/c1-11-10-12(14)2-3-13(11)16-20(18,19)9-8-17-6-4-15-5-7-17/h2-3,10,15-16H,4-9H2,1H3. The lowest BCUT2D eigenvalue weighted by Gasteiger charge is -2.27. The fraction of sp³-hybridized carbons (Fsp3) is 0.538. The molecular weight excluding hydrogens is 281 g/mol. The van der Waals surface area contributed by atoms with E-state index in [4.69, 9.17) is 0 Å². The van der Waals surface area contributed by atoms with E-state index >= 15 is 0 Å². The largest absolute Gasteiger partial charge is 0.314 e. The summed E-state index contributed by atoms with van der Waals surface area (Å²) in [7, 11) is -3.40. The fourth-order valence-corrected chi connectivity index (χ4v) is 3.31. The van der Waals surface area contributed by atoms with Gasteiger partial charge in [0.1, 0.15) is 5.82 Å². The summed E-state index contributed by atoms with van der Waals surface area (Å²) in [6.07, 6.45) is 0. The minimum atomic E-state index is -3.40. The maximum Gasteiger partial charge on any atom is 0.233 e. The molecule has 1 aliphatic rings. The molecule has 1 aromatic rings. The van der Waals surface area contributed by atoms with Crippen LogP contribution in [0.1, 0.15) is 5.56 Å². The van der Waals surface area contributed by atoms with E-state index in [1.807, 2.05) is 0 Å². The van der Waals surface area contributed by atoms with Crippen LogP contribution in [0.2, 0.25) is 0 Å². The van der Waals surface area contributed by atoms with Crippen molar-refractivity contribution in [1.82, 2.24) is 10.2 Å². The first kappa shape index (κ1) is 15.2. The number of sulfonamides is 1. The van der Waals surface area contributed by atoms with Crippen LogP contribution in [0, 0.1) is 12.7 Å². The van der Waals surface area contributed by atoms with E-state index < -0.39 is 10.0 Å². The zero-order valence-corrected chi connectivity index (χ0v) is 12.3. The summed E-state index contributed by atoms with van der Waals surface area (Å²) < 4.78 is 39.6. The minimum Gasteiger partial charge on any atom is -0.314 e. The van der Waals surface area contributed by atoms with Crippen LogP contribution in [0.4, 0.5) is 10.1 Å². The first-order valence-corrected chi connectivity index (χ1v) is 8.31. The van der Waals surface area contributed by atoms with Crippen LogP contribution < -0.4 is 10.0 Å². The van der Waals surface area contributed by atoms with Crippen LogP contribution in [-0.4, -0.2) is 51.8 Å². The Morgan fingerprint density at radius 2 is 2.05 bits per heavy atom. The SMILES string of the molecule is Cc1cc(F)ccc1NS(=O)(=O)CCN1CCNCC1. The molecule has 0 radical (unpaired) electrons. The molecular formula is C13H20FN3O2S. The average molecular weight is 301 g/mol. The lowest BCUT2D eigenvalue weighted by Crippen LogP contribution is -2.45. The van der Waals surface area contributed by atoms with Gasteiger partial charge in [0, 0.05) is 32.7 Å². The van der Waals surface area contributed by atoms with Gasteiger partial charge in [-0.05, 0) is 30.7 Å². The molecule has 0 amide bonds. The second-order valence-corrected chi connectivity index (χ2v) is 6.81. The van der Waals surface area contributed by atoms with Gasteiger partial charge < -0.3 is 5.32 Å². The van der Waals surface area contributed by atoms with Gasteiger partial charge in [-0.2, -0.15) is 0 Å². The Kier molecular flexibility index (Phi) is 4.95. The van der Waals surface area contributed by atoms with Crippen LogP contribution in [-0.2, 0) is 10.0 Å². The zero-order chi connectivity index (χ0) is 14.6. The molecule has 0 unspecified atom stereocenters. The first-order valence-electron chi connectivity index (χ1n) is 6.66. The molecule has 20 heavy (non-hydrogen) atoms. The number of piperazine rings is 1. The molecule has 0 saturated carbocycles. The zero-order valence-electron chi connectivity index (χ0n) is 11.5. The number of benzene rings is 1. The molecule has 7 heteroatoms. The Morgan fingerprint density at radius 1 is 1.35 bits per heavy atom. The molecule has 1 saturated heterocycles. The van der Waals surface area contributed by atoms with Crippen molar-refractivity contribution in [2.24, 2.45) is 0 Å². The smallest absolute Gasteiger partial charge is 0.233 e. The number of aryl methyl sites for hydroxylation is 1. The third-order valence-corrected chi connectivity index (χ3v) is 4.59. The topological polar surface area (TPSA) is 61.4 Å². The van der Waals surface area contributed by atoms with Gasteiger partial charge >= 0.3 is 0 Å². The van der Waals surface area contributed by atoms with E-state index in [-0.39, 0.29) is 11.6 Å². The number of nitrogens with one attached hydrogen (secondary N) is 2. The molecule has 1 aliphatic heterocycles. The van der Waals surface area contributed by atoms with Crippen molar-refractivity contribution < 1.29 is 12.8 Å². The molecule has 1 aromatic carbocycles. The summed E-state index contributed by atoms with van der Waals surface area (Å²) in [4.78, 5) is 2.12. The van der Waals surface area contributed by atoms with Gasteiger partial charge in [-0.1, -0.05) is 0 Å². The molecule has 1 fully saturated rings. The van der Waals surface area contributed by atoms with Crippen LogP contribution in [0.25, 0.3) is 0 Å². The quantitative estimate of drug-likeness (QED) is 0.844. The van der Waals surface area contributed by atoms with Crippen molar-refractivity contribution in [1.29, 1.82) is 0 Å². The Hall–Kier alpha value is -1.18. The Labute approximate surface area is 119 Å². The van der Waals surface area contributed by atoms with Crippen molar-refractivity contribution in [2.45, 2.75) is 6.92 Å². The van der Waals surface area contributed by atoms with E-state index in [2.05, 4.69) is 14.9 Å². The first-order chi connectivity index (χ1) is 9.46. The van der Waals surface area contributed by atoms with Crippen molar-refractivity contribution in [3.8, 4) is 0 Å². The highest BCUT2D eigenvalue weighted by atomic mass is 32.2. The average Bonchev–Trinajstić information content (AvgIpc) is 2.41. The highest BCUT2D eigenvalue weighted by Crippen LogP contribution is 2.17. The number of halogens is 1. The third-order valence-electron chi connectivity index (χ3n) is 3.34.